The average molecular weight is 272 g/mol. The van der Waals surface area contributed by atoms with Crippen molar-refractivity contribution in [3.05, 3.63) is 47.1 Å². The van der Waals surface area contributed by atoms with Gasteiger partial charge in [-0.15, -0.1) is 11.3 Å². The molecule has 0 spiro atoms. The van der Waals surface area contributed by atoms with E-state index in [-0.39, 0.29) is 5.97 Å². The number of methoxy groups -OCH3 is 1. The molecule has 2 aromatic heterocycles. The number of ether oxygens (including phenoxy) is 1. The molecule has 3 aromatic rings. The van der Waals surface area contributed by atoms with Crippen LogP contribution in [0.3, 0.4) is 0 Å². The number of thiazole rings is 1. The molecule has 96 valence electrons. The van der Waals surface area contributed by atoms with Crippen molar-refractivity contribution in [3.8, 4) is 11.3 Å². The first kappa shape index (κ1) is 11.9. The number of nitrogens with zero attached hydrogens (tertiary/aromatic N) is 2. The third-order valence-electron chi connectivity index (χ3n) is 2.97. The molecule has 1 aromatic carbocycles. The standard InChI is InChI=1S/C14H12N2O2S/c1-9-3-5-10(6-4-9)11-12(13(17)18-2)16-7-8-19-14(16)15-11/h3-8H,1-2H3. The van der Waals surface area contributed by atoms with E-state index in [1.807, 2.05) is 42.8 Å². The molecular formula is C14H12N2O2S. The number of esters is 1. The molecule has 0 aliphatic rings. The van der Waals surface area contributed by atoms with Crippen LogP contribution in [0.1, 0.15) is 16.1 Å². The van der Waals surface area contributed by atoms with Gasteiger partial charge in [-0.05, 0) is 6.92 Å². The molecule has 4 nitrogen and oxygen atoms in total. The third-order valence-corrected chi connectivity index (χ3v) is 3.72. The van der Waals surface area contributed by atoms with Crippen LogP contribution in [-0.2, 0) is 4.74 Å². The van der Waals surface area contributed by atoms with Gasteiger partial charge in [0.15, 0.2) is 10.7 Å². The molecule has 2 heterocycles. The molecule has 0 fully saturated rings. The lowest BCUT2D eigenvalue weighted by molar-refractivity contribution is 0.0594. The maximum atomic E-state index is 12.0. The van der Waals surface area contributed by atoms with Crippen LogP contribution in [-0.4, -0.2) is 22.5 Å². The fourth-order valence-electron chi connectivity index (χ4n) is 1.99. The summed E-state index contributed by atoms with van der Waals surface area (Å²) in [6, 6.07) is 7.94. The zero-order valence-corrected chi connectivity index (χ0v) is 11.4. The number of hydrogen-bond donors (Lipinski definition) is 0. The molecule has 0 aliphatic carbocycles. The summed E-state index contributed by atoms with van der Waals surface area (Å²) in [6.07, 6.45) is 1.83. The number of rotatable bonds is 2. The predicted octanol–water partition coefficient (Wildman–Crippen LogP) is 3.16. The molecular weight excluding hydrogens is 260 g/mol. The lowest BCUT2D eigenvalue weighted by atomic mass is 10.1. The highest BCUT2D eigenvalue weighted by atomic mass is 32.1. The normalized spacial score (nSPS) is 10.8. The van der Waals surface area contributed by atoms with Crippen LogP contribution in [0.2, 0.25) is 0 Å². The van der Waals surface area contributed by atoms with E-state index in [0.29, 0.717) is 11.4 Å². The zero-order chi connectivity index (χ0) is 13.4. The SMILES string of the molecule is COC(=O)c1c(-c2ccc(C)cc2)nc2sccn12. The lowest BCUT2D eigenvalue weighted by Gasteiger charge is -2.02. The van der Waals surface area contributed by atoms with Crippen LogP contribution in [0.4, 0.5) is 0 Å². The second-order valence-corrected chi connectivity index (χ2v) is 5.10. The summed E-state index contributed by atoms with van der Waals surface area (Å²) in [5.41, 5.74) is 3.23. The number of aromatic nitrogens is 2. The fraction of sp³-hybridized carbons (Fsp3) is 0.143. The predicted molar refractivity (Wildman–Crippen MR) is 74.6 cm³/mol. The quantitative estimate of drug-likeness (QED) is 0.673. The summed E-state index contributed by atoms with van der Waals surface area (Å²) in [7, 11) is 1.38. The maximum Gasteiger partial charge on any atom is 0.357 e. The Morgan fingerprint density at radius 3 is 2.74 bits per heavy atom. The Balaban J connectivity index is 2.25. The Morgan fingerprint density at radius 2 is 2.05 bits per heavy atom. The van der Waals surface area contributed by atoms with E-state index in [0.717, 1.165) is 10.5 Å². The molecule has 0 saturated heterocycles. The second kappa shape index (κ2) is 4.51. The van der Waals surface area contributed by atoms with Crippen LogP contribution < -0.4 is 0 Å². The first-order valence-electron chi connectivity index (χ1n) is 5.81. The van der Waals surface area contributed by atoms with Crippen LogP contribution in [0.15, 0.2) is 35.8 Å². The number of hydrogen-bond acceptors (Lipinski definition) is 4. The Hall–Kier alpha value is -2.14. The Kier molecular flexibility index (Phi) is 2.83. The number of fused-ring (bicyclic) bond motifs is 1. The van der Waals surface area contributed by atoms with E-state index in [2.05, 4.69) is 4.98 Å². The van der Waals surface area contributed by atoms with Crippen LogP contribution in [0.25, 0.3) is 16.2 Å². The van der Waals surface area contributed by atoms with Crippen molar-refractivity contribution in [3.63, 3.8) is 0 Å². The molecule has 0 atom stereocenters. The summed E-state index contributed by atoms with van der Waals surface area (Å²) in [5.74, 6) is -0.374. The number of carbonyl (C=O) groups is 1. The van der Waals surface area contributed by atoms with Crippen molar-refractivity contribution in [2.45, 2.75) is 6.92 Å². The average Bonchev–Trinajstić information content (AvgIpc) is 2.98. The molecule has 0 unspecified atom stereocenters. The Morgan fingerprint density at radius 1 is 1.32 bits per heavy atom. The molecule has 0 bridgehead atoms. The molecule has 0 saturated carbocycles. The van der Waals surface area contributed by atoms with Gasteiger partial charge in [-0.3, -0.25) is 4.40 Å². The van der Waals surface area contributed by atoms with Gasteiger partial charge in [-0.2, -0.15) is 0 Å². The third kappa shape index (κ3) is 1.92. The first-order valence-corrected chi connectivity index (χ1v) is 6.69. The van der Waals surface area contributed by atoms with E-state index in [1.165, 1.54) is 24.0 Å². The van der Waals surface area contributed by atoms with Crippen molar-refractivity contribution in [2.75, 3.05) is 7.11 Å². The second-order valence-electron chi connectivity index (χ2n) is 4.22. The van der Waals surface area contributed by atoms with E-state index >= 15 is 0 Å². The van der Waals surface area contributed by atoms with Gasteiger partial charge < -0.3 is 4.74 Å². The maximum absolute atomic E-state index is 12.0. The highest BCUT2D eigenvalue weighted by molar-refractivity contribution is 7.15. The molecule has 3 rings (SSSR count). The summed E-state index contributed by atoms with van der Waals surface area (Å²) >= 11 is 1.49. The van der Waals surface area contributed by atoms with Gasteiger partial charge in [-0.25, -0.2) is 9.78 Å². The summed E-state index contributed by atoms with van der Waals surface area (Å²) in [4.78, 5) is 17.3. The van der Waals surface area contributed by atoms with Gasteiger partial charge in [0.2, 0.25) is 0 Å². The molecule has 5 heteroatoms. The minimum Gasteiger partial charge on any atom is -0.464 e. The van der Waals surface area contributed by atoms with Gasteiger partial charge in [0, 0.05) is 17.1 Å². The van der Waals surface area contributed by atoms with Gasteiger partial charge in [0.05, 0.1) is 7.11 Å². The van der Waals surface area contributed by atoms with Crippen LogP contribution in [0.5, 0.6) is 0 Å². The number of benzene rings is 1. The summed E-state index contributed by atoms with van der Waals surface area (Å²) < 4.78 is 6.63. The van der Waals surface area contributed by atoms with Crippen LogP contribution in [0, 0.1) is 6.92 Å². The van der Waals surface area contributed by atoms with E-state index in [9.17, 15) is 4.79 Å². The molecule has 0 amide bonds. The highest BCUT2D eigenvalue weighted by Crippen LogP contribution is 2.27. The number of aryl methyl sites for hydroxylation is 1. The largest absolute Gasteiger partial charge is 0.464 e. The summed E-state index contributed by atoms with van der Waals surface area (Å²) in [6.45, 7) is 2.02. The minimum absolute atomic E-state index is 0.374. The topological polar surface area (TPSA) is 43.6 Å². The van der Waals surface area contributed by atoms with Crippen molar-refractivity contribution in [2.24, 2.45) is 0 Å². The van der Waals surface area contributed by atoms with Crippen molar-refractivity contribution in [1.29, 1.82) is 0 Å². The monoisotopic (exact) mass is 272 g/mol. The van der Waals surface area contributed by atoms with Gasteiger partial charge in [0.25, 0.3) is 0 Å². The van der Waals surface area contributed by atoms with Crippen molar-refractivity contribution < 1.29 is 9.53 Å². The molecule has 0 aliphatic heterocycles. The number of carbonyl (C=O) groups excluding carboxylic acids is 1. The van der Waals surface area contributed by atoms with E-state index in [1.54, 1.807) is 4.40 Å². The van der Waals surface area contributed by atoms with Crippen molar-refractivity contribution >= 4 is 22.3 Å². The van der Waals surface area contributed by atoms with Gasteiger partial charge >= 0.3 is 5.97 Å². The fourth-order valence-corrected chi connectivity index (χ4v) is 2.70. The molecule has 0 N–H and O–H groups in total. The molecule has 0 radical (unpaired) electrons. The number of imidazole rings is 1. The smallest absolute Gasteiger partial charge is 0.357 e. The van der Waals surface area contributed by atoms with Gasteiger partial charge in [0.1, 0.15) is 5.69 Å². The summed E-state index contributed by atoms with van der Waals surface area (Å²) in [5, 5.41) is 1.90. The lowest BCUT2D eigenvalue weighted by Crippen LogP contribution is -2.06. The van der Waals surface area contributed by atoms with Crippen LogP contribution >= 0.6 is 11.3 Å². The van der Waals surface area contributed by atoms with Gasteiger partial charge in [-0.1, -0.05) is 29.8 Å². The van der Waals surface area contributed by atoms with Crippen molar-refractivity contribution in [1.82, 2.24) is 9.38 Å². The van der Waals surface area contributed by atoms with E-state index < -0.39 is 0 Å². The Bertz CT molecular complexity index is 740. The zero-order valence-electron chi connectivity index (χ0n) is 10.6. The first-order chi connectivity index (χ1) is 9.20. The molecule has 19 heavy (non-hydrogen) atoms. The van der Waals surface area contributed by atoms with E-state index in [4.69, 9.17) is 4.74 Å². The Labute approximate surface area is 114 Å². The highest BCUT2D eigenvalue weighted by Gasteiger charge is 2.21. The minimum atomic E-state index is -0.374.